The van der Waals surface area contributed by atoms with Crippen LogP contribution >= 0.6 is 0 Å². The van der Waals surface area contributed by atoms with Crippen LogP contribution in [-0.2, 0) is 16.1 Å². The first-order valence-corrected chi connectivity index (χ1v) is 9.55. The Balaban J connectivity index is 2.54. The summed E-state index contributed by atoms with van der Waals surface area (Å²) in [6.07, 6.45) is 0.836. The zero-order valence-corrected chi connectivity index (χ0v) is 17.9. The van der Waals surface area contributed by atoms with E-state index in [2.05, 4.69) is 9.73 Å². The summed E-state index contributed by atoms with van der Waals surface area (Å²) < 4.78 is 75.7. The predicted octanol–water partition coefficient (Wildman–Crippen LogP) is 5.00. The minimum Gasteiger partial charge on any atom is -0.506 e. The van der Waals surface area contributed by atoms with Crippen molar-refractivity contribution >= 4 is 23.6 Å². The number of halogens is 5. The van der Waals surface area contributed by atoms with E-state index in [0.29, 0.717) is 12.2 Å². The molecule has 2 aromatic carbocycles. The molecular formula is C22H21F5N2O4. The molecule has 0 atom stereocenters. The van der Waals surface area contributed by atoms with Crippen LogP contribution < -0.4 is 4.74 Å². The zero-order valence-electron chi connectivity index (χ0n) is 17.9. The third-order valence-electron chi connectivity index (χ3n) is 4.11. The molecule has 0 unspecified atom stereocenters. The van der Waals surface area contributed by atoms with Crippen LogP contribution in [0.4, 0.5) is 27.6 Å². The molecule has 0 aliphatic carbocycles. The Hall–Kier alpha value is -3.47. The first-order chi connectivity index (χ1) is 15.5. The number of hydrogen-bond donors (Lipinski definition) is 1. The summed E-state index contributed by atoms with van der Waals surface area (Å²) in [4.78, 5) is 18.3. The van der Waals surface area contributed by atoms with E-state index in [9.17, 15) is 31.9 Å². The van der Waals surface area contributed by atoms with Gasteiger partial charge in [-0.15, -0.1) is 0 Å². The summed E-state index contributed by atoms with van der Waals surface area (Å²) in [6.45, 7) is -1.68. The maximum Gasteiger partial charge on any atom is 0.387 e. The molecule has 33 heavy (non-hydrogen) atoms. The highest BCUT2D eigenvalue weighted by Gasteiger charge is 2.27. The van der Waals surface area contributed by atoms with E-state index in [1.54, 1.807) is 24.3 Å². The van der Waals surface area contributed by atoms with Crippen LogP contribution in [0.2, 0.25) is 0 Å². The van der Waals surface area contributed by atoms with Crippen molar-refractivity contribution in [3.8, 4) is 5.75 Å². The van der Waals surface area contributed by atoms with Gasteiger partial charge in [0.1, 0.15) is 11.3 Å². The van der Waals surface area contributed by atoms with Gasteiger partial charge in [-0.25, -0.2) is 13.6 Å². The number of carbonyl (C=O) groups is 1. The quantitative estimate of drug-likeness (QED) is 0.139. The van der Waals surface area contributed by atoms with Crippen LogP contribution in [0.5, 0.6) is 5.75 Å². The minimum absolute atomic E-state index is 0.136. The molecule has 0 radical (unpaired) electrons. The Labute approximate surface area is 186 Å². The number of alkyl halides is 2. The fourth-order valence-corrected chi connectivity index (χ4v) is 2.70. The summed E-state index contributed by atoms with van der Waals surface area (Å²) >= 11 is 0. The molecule has 1 N–H and O–H groups in total. The van der Waals surface area contributed by atoms with Crippen LogP contribution in [0.3, 0.4) is 0 Å². The van der Waals surface area contributed by atoms with Crippen molar-refractivity contribution < 1.29 is 41.3 Å². The molecule has 0 heterocycles. The van der Waals surface area contributed by atoms with E-state index in [4.69, 9.17) is 4.74 Å². The average molecular weight is 472 g/mol. The first kappa shape index (κ1) is 25.8. The minimum atomic E-state index is -3.67. The van der Waals surface area contributed by atoms with Gasteiger partial charge < -0.3 is 19.5 Å². The number of nitrogens with zero attached hydrogens (tertiary/aromatic N) is 2. The molecule has 6 nitrogen and oxygen atoms in total. The van der Waals surface area contributed by atoms with E-state index in [1.165, 1.54) is 6.92 Å². The third-order valence-corrected chi connectivity index (χ3v) is 4.11. The van der Waals surface area contributed by atoms with E-state index in [1.807, 2.05) is 19.0 Å². The van der Waals surface area contributed by atoms with Gasteiger partial charge in [0, 0.05) is 12.8 Å². The maximum absolute atomic E-state index is 14.6. The number of esters is 1. The Bertz CT molecular complexity index is 1050. The van der Waals surface area contributed by atoms with Gasteiger partial charge in [0.15, 0.2) is 11.6 Å². The summed E-state index contributed by atoms with van der Waals surface area (Å²) in [5, 5.41) is 10.5. The second-order valence-corrected chi connectivity index (χ2v) is 6.89. The van der Waals surface area contributed by atoms with Gasteiger partial charge in [-0.05, 0) is 44.8 Å². The fraction of sp³-hybridized carbons (Fsp3) is 0.273. The Kier molecular flexibility index (Phi) is 8.92. The normalized spacial score (nSPS) is 12.4. The van der Waals surface area contributed by atoms with Crippen molar-refractivity contribution in [2.75, 3.05) is 20.7 Å². The van der Waals surface area contributed by atoms with Crippen LogP contribution in [0, 0.1) is 17.5 Å². The van der Waals surface area contributed by atoms with Crippen molar-refractivity contribution in [3.63, 3.8) is 0 Å². The zero-order chi connectivity index (χ0) is 24.7. The van der Waals surface area contributed by atoms with E-state index in [0.717, 1.165) is 11.8 Å². The molecule has 0 bridgehead atoms. The lowest BCUT2D eigenvalue weighted by Gasteiger charge is -2.12. The fourth-order valence-electron chi connectivity index (χ4n) is 2.70. The Morgan fingerprint density at radius 2 is 1.79 bits per heavy atom. The van der Waals surface area contributed by atoms with Crippen molar-refractivity contribution in [1.82, 2.24) is 4.90 Å². The molecule has 0 aliphatic heterocycles. The molecule has 0 saturated carbocycles. The smallest absolute Gasteiger partial charge is 0.387 e. The van der Waals surface area contributed by atoms with Crippen LogP contribution in [0.15, 0.2) is 40.9 Å². The molecule has 11 heteroatoms. The molecule has 0 aromatic heterocycles. The molecule has 0 amide bonds. The van der Waals surface area contributed by atoms with E-state index >= 15 is 0 Å². The molecule has 2 aromatic rings. The van der Waals surface area contributed by atoms with Crippen molar-refractivity contribution in [1.29, 1.82) is 0 Å². The second-order valence-electron chi connectivity index (χ2n) is 6.89. The lowest BCUT2D eigenvalue weighted by Crippen LogP contribution is -2.13. The Morgan fingerprint density at radius 1 is 1.15 bits per heavy atom. The molecule has 2 rings (SSSR count). The van der Waals surface area contributed by atoms with Gasteiger partial charge in [-0.1, -0.05) is 12.1 Å². The number of ether oxygens (including phenoxy) is 2. The second kappa shape index (κ2) is 11.4. The van der Waals surface area contributed by atoms with Crippen LogP contribution in [0.25, 0.3) is 5.76 Å². The van der Waals surface area contributed by atoms with Crippen molar-refractivity contribution in [3.05, 3.63) is 64.5 Å². The summed E-state index contributed by atoms with van der Waals surface area (Å²) in [7, 11) is 3.78. The standard InChI is InChI=1S/C22H21F5N2O4/c1-4-32-21(31)15(10-28-13-7-5-12(6-8-13)11-29(2)3)19(30)14-9-16(23)18(25)20(17(14)24)33-22(26)27/h5-10,22,30H,4,11H2,1-3H3. The molecule has 0 saturated heterocycles. The number of rotatable bonds is 9. The van der Waals surface area contributed by atoms with Crippen LogP contribution in [-0.4, -0.2) is 49.5 Å². The topological polar surface area (TPSA) is 71.4 Å². The number of hydrogen-bond acceptors (Lipinski definition) is 6. The highest BCUT2D eigenvalue weighted by molar-refractivity contribution is 6.15. The van der Waals surface area contributed by atoms with Crippen LogP contribution in [0.1, 0.15) is 18.1 Å². The van der Waals surface area contributed by atoms with Gasteiger partial charge in [-0.3, -0.25) is 4.99 Å². The molecule has 178 valence electrons. The van der Waals surface area contributed by atoms with Gasteiger partial charge in [0.05, 0.1) is 17.9 Å². The van der Waals surface area contributed by atoms with Crippen molar-refractivity contribution in [2.45, 2.75) is 20.1 Å². The summed E-state index contributed by atoms with van der Waals surface area (Å²) in [6, 6.07) is 6.96. The number of carbonyl (C=O) groups excluding carboxylic acids is 1. The van der Waals surface area contributed by atoms with Gasteiger partial charge in [0.25, 0.3) is 0 Å². The SMILES string of the molecule is CCOC(=O)C(C=Nc1ccc(CN(C)C)cc1)=C(O)c1cc(F)c(F)c(OC(F)F)c1F. The molecule has 0 aliphatic rings. The monoisotopic (exact) mass is 472 g/mol. The average Bonchev–Trinajstić information content (AvgIpc) is 2.74. The predicted molar refractivity (Wildman–Crippen MR) is 111 cm³/mol. The molecular weight excluding hydrogens is 451 g/mol. The summed E-state index contributed by atoms with van der Waals surface area (Å²) in [5.74, 6) is -9.77. The highest BCUT2D eigenvalue weighted by Crippen LogP contribution is 2.32. The van der Waals surface area contributed by atoms with E-state index in [-0.39, 0.29) is 12.7 Å². The lowest BCUT2D eigenvalue weighted by molar-refractivity contribution is -0.137. The molecule has 0 spiro atoms. The number of aliphatic hydroxyl groups excluding tert-OH is 1. The number of aliphatic hydroxyl groups is 1. The Morgan fingerprint density at radius 3 is 2.33 bits per heavy atom. The van der Waals surface area contributed by atoms with Gasteiger partial charge >= 0.3 is 12.6 Å². The van der Waals surface area contributed by atoms with Gasteiger partial charge in [-0.2, -0.15) is 13.2 Å². The maximum atomic E-state index is 14.6. The third kappa shape index (κ3) is 6.75. The van der Waals surface area contributed by atoms with Crippen molar-refractivity contribution in [2.24, 2.45) is 4.99 Å². The largest absolute Gasteiger partial charge is 0.506 e. The highest BCUT2D eigenvalue weighted by atomic mass is 19.3. The number of aliphatic imine (C=N–C) groups is 1. The summed E-state index contributed by atoms with van der Waals surface area (Å²) in [5.41, 5.74) is -0.500. The lowest BCUT2D eigenvalue weighted by atomic mass is 10.1. The first-order valence-electron chi connectivity index (χ1n) is 9.55. The van der Waals surface area contributed by atoms with E-state index < -0.39 is 52.7 Å². The molecule has 0 fully saturated rings. The van der Waals surface area contributed by atoms with Gasteiger partial charge in [0.2, 0.25) is 11.6 Å². The number of benzene rings is 2.